The molecule has 0 heterocycles. The molecule has 0 aromatic heterocycles. The highest BCUT2D eigenvalue weighted by Crippen LogP contribution is 2.31. The summed E-state index contributed by atoms with van der Waals surface area (Å²) >= 11 is 0. The van der Waals surface area contributed by atoms with E-state index in [1.54, 1.807) is 24.3 Å². The van der Waals surface area contributed by atoms with E-state index in [0.29, 0.717) is 12.8 Å². The van der Waals surface area contributed by atoms with Gasteiger partial charge < -0.3 is 14.2 Å². The Kier molecular flexibility index (Phi) is 9.64. The summed E-state index contributed by atoms with van der Waals surface area (Å²) in [7, 11) is 0. The van der Waals surface area contributed by atoms with Crippen LogP contribution in [0.4, 0.5) is 0 Å². The lowest BCUT2D eigenvalue weighted by atomic mass is 9.81. The highest BCUT2D eigenvalue weighted by molar-refractivity contribution is 6.03. The second-order valence-electron chi connectivity index (χ2n) is 9.08. The van der Waals surface area contributed by atoms with Gasteiger partial charge in [0.2, 0.25) is 0 Å². The lowest BCUT2D eigenvalue weighted by molar-refractivity contribution is -0.150. The van der Waals surface area contributed by atoms with Crippen LogP contribution in [0.1, 0.15) is 73.7 Å². The van der Waals surface area contributed by atoms with Crippen molar-refractivity contribution in [3.8, 4) is 0 Å². The monoisotopic (exact) mass is 454 g/mol. The van der Waals surface area contributed by atoms with Crippen molar-refractivity contribution in [2.75, 3.05) is 6.61 Å². The van der Waals surface area contributed by atoms with Gasteiger partial charge in [-0.05, 0) is 30.0 Å². The molecule has 0 radical (unpaired) electrons. The molecule has 6 nitrogen and oxygen atoms in total. The number of hydrogen-bond donors (Lipinski definition) is 0. The van der Waals surface area contributed by atoms with Gasteiger partial charge in [-0.1, -0.05) is 77.1 Å². The van der Waals surface area contributed by atoms with Crippen LogP contribution in [0.25, 0.3) is 0 Å². The van der Waals surface area contributed by atoms with Crippen LogP contribution >= 0.6 is 0 Å². The fourth-order valence-electron chi connectivity index (χ4n) is 3.64. The van der Waals surface area contributed by atoms with Crippen LogP contribution in [0.2, 0.25) is 0 Å². The maximum absolute atomic E-state index is 13.1. The number of hydrogen-bond acceptors (Lipinski definition) is 6. The van der Waals surface area contributed by atoms with Gasteiger partial charge in [-0.2, -0.15) is 0 Å². The van der Waals surface area contributed by atoms with Crippen molar-refractivity contribution in [1.29, 1.82) is 0 Å². The van der Waals surface area contributed by atoms with Gasteiger partial charge in [0.1, 0.15) is 12.7 Å². The Hall–Kier alpha value is -3.15. The minimum Gasteiger partial charge on any atom is -0.465 e. The second-order valence-corrected chi connectivity index (χ2v) is 9.08. The van der Waals surface area contributed by atoms with E-state index in [1.165, 1.54) is 0 Å². The third-order valence-electron chi connectivity index (χ3n) is 5.25. The number of ether oxygens (including phenoxy) is 3. The Morgan fingerprint density at radius 2 is 1.42 bits per heavy atom. The third kappa shape index (κ3) is 7.74. The highest BCUT2D eigenvalue weighted by Gasteiger charge is 2.37. The van der Waals surface area contributed by atoms with E-state index in [1.807, 2.05) is 65.0 Å². The minimum atomic E-state index is -0.617. The number of rotatable bonds is 11. The van der Waals surface area contributed by atoms with Gasteiger partial charge in [-0.3, -0.25) is 4.79 Å². The van der Waals surface area contributed by atoms with Crippen LogP contribution in [-0.4, -0.2) is 30.6 Å². The summed E-state index contributed by atoms with van der Waals surface area (Å²) in [5, 5.41) is 0. The molecule has 0 aliphatic rings. The van der Waals surface area contributed by atoms with Crippen molar-refractivity contribution in [3.05, 3.63) is 71.3 Å². The Labute approximate surface area is 196 Å². The zero-order valence-electron chi connectivity index (χ0n) is 20.1. The molecule has 1 atom stereocenters. The van der Waals surface area contributed by atoms with Gasteiger partial charge in [-0.25, -0.2) is 9.59 Å². The van der Waals surface area contributed by atoms with E-state index < -0.39 is 23.5 Å². The molecule has 0 spiro atoms. The van der Waals surface area contributed by atoms with E-state index in [4.69, 9.17) is 14.2 Å². The molecular weight excluding hydrogens is 420 g/mol. The molecule has 0 amide bonds. The van der Waals surface area contributed by atoms with Crippen LogP contribution in [0, 0.1) is 11.3 Å². The lowest BCUT2D eigenvalue weighted by Gasteiger charge is -2.36. The van der Waals surface area contributed by atoms with Crippen molar-refractivity contribution >= 4 is 17.9 Å². The average Bonchev–Trinajstić information content (AvgIpc) is 2.80. The van der Waals surface area contributed by atoms with E-state index in [2.05, 4.69) is 0 Å². The largest absolute Gasteiger partial charge is 0.465 e. The summed E-state index contributed by atoms with van der Waals surface area (Å²) in [5.74, 6) is -1.52. The number of carbonyl (C=O) groups excluding carboxylic acids is 3. The molecule has 0 aliphatic heterocycles. The van der Waals surface area contributed by atoms with Crippen LogP contribution in [0.5, 0.6) is 0 Å². The van der Waals surface area contributed by atoms with E-state index in [-0.39, 0.29) is 36.2 Å². The first kappa shape index (κ1) is 26.1. The number of carbonyl (C=O) groups is 3. The number of esters is 3. The molecule has 0 aliphatic carbocycles. The zero-order chi connectivity index (χ0) is 24.4. The standard InChI is InChI=1S/C27H34O6/c1-6-12-23(28)32-18-27(4,5)24(19(2)3)33-26(30)22-16-11-10-15-21(22)25(29)31-17-20-13-8-7-9-14-20/h7-11,13-16,19,24H,6,12,17-18H2,1-5H3. The minimum absolute atomic E-state index is 0.0361. The molecule has 2 rings (SSSR count). The smallest absolute Gasteiger partial charge is 0.339 e. The van der Waals surface area contributed by atoms with E-state index in [0.717, 1.165) is 5.56 Å². The van der Waals surface area contributed by atoms with Crippen LogP contribution < -0.4 is 0 Å². The van der Waals surface area contributed by atoms with E-state index in [9.17, 15) is 14.4 Å². The first-order chi connectivity index (χ1) is 15.7. The predicted molar refractivity (Wildman–Crippen MR) is 126 cm³/mol. The molecule has 1 unspecified atom stereocenters. The molecule has 33 heavy (non-hydrogen) atoms. The summed E-state index contributed by atoms with van der Waals surface area (Å²) in [6.45, 7) is 9.81. The SMILES string of the molecule is CCCC(=O)OCC(C)(C)C(OC(=O)c1ccccc1C(=O)OCc1ccccc1)C(C)C. The molecular formula is C27H34O6. The first-order valence-electron chi connectivity index (χ1n) is 11.3. The Balaban J connectivity index is 2.13. The lowest BCUT2D eigenvalue weighted by Crippen LogP contribution is -2.42. The molecule has 0 N–H and O–H groups in total. The summed E-state index contributed by atoms with van der Waals surface area (Å²) < 4.78 is 16.7. The van der Waals surface area contributed by atoms with Gasteiger partial charge in [-0.15, -0.1) is 0 Å². The maximum atomic E-state index is 13.1. The molecule has 178 valence electrons. The normalized spacial score (nSPS) is 12.2. The second kappa shape index (κ2) is 12.2. The fraction of sp³-hybridized carbons (Fsp3) is 0.444. The van der Waals surface area contributed by atoms with Crippen molar-refractivity contribution < 1.29 is 28.6 Å². The van der Waals surface area contributed by atoms with Gasteiger partial charge >= 0.3 is 17.9 Å². The summed E-state index contributed by atoms with van der Waals surface area (Å²) in [6, 6.07) is 15.8. The first-order valence-corrected chi connectivity index (χ1v) is 11.3. The van der Waals surface area contributed by atoms with Gasteiger partial charge in [0.05, 0.1) is 17.7 Å². The topological polar surface area (TPSA) is 78.9 Å². The molecule has 0 bridgehead atoms. The molecule has 0 saturated heterocycles. The summed E-state index contributed by atoms with van der Waals surface area (Å²) in [5.41, 5.74) is 0.522. The zero-order valence-corrected chi connectivity index (χ0v) is 20.1. The molecule has 2 aromatic carbocycles. The van der Waals surface area contributed by atoms with Crippen LogP contribution in [0.15, 0.2) is 54.6 Å². The fourth-order valence-corrected chi connectivity index (χ4v) is 3.64. The Morgan fingerprint density at radius 1 is 0.848 bits per heavy atom. The molecule has 0 saturated carbocycles. The highest BCUT2D eigenvalue weighted by atomic mass is 16.6. The van der Waals surface area contributed by atoms with Crippen molar-refractivity contribution in [2.24, 2.45) is 11.3 Å². The Morgan fingerprint density at radius 3 is 2.00 bits per heavy atom. The molecule has 2 aromatic rings. The van der Waals surface area contributed by atoms with Crippen LogP contribution in [0.3, 0.4) is 0 Å². The van der Waals surface area contributed by atoms with Gasteiger partial charge in [0.25, 0.3) is 0 Å². The maximum Gasteiger partial charge on any atom is 0.339 e. The van der Waals surface area contributed by atoms with E-state index >= 15 is 0 Å². The van der Waals surface area contributed by atoms with Crippen molar-refractivity contribution in [1.82, 2.24) is 0 Å². The summed E-state index contributed by atoms with van der Waals surface area (Å²) in [4.78, 5) is 37.6. The predicted octanol–water partition coefficient (Wildman–Crippen LogP) is 5.59. The van der Waals surface area contributed by atoms with Gasteiger partial charge in [0, 0.05) is 11.8 Å². The summed E-state index contributed by atoms with van der Waals surface area (Å²) in [6.07, 6.45) is 0.521. The molecule has 6 heteroatoms. The van der Waals surface area contributed by atoms with Crippen LogP contribution in [-0.2, 0) is 25.6 Å². The third-order valence-corrected chi connectivity index (χ3v) is 5.25. The average molecular weight is 455 g/mol. The van der Waals surface area contributed by atoms with Gasteiger partial charge in [0.15, 0.2) is 0 Å². The molecule has 0 fully saturated rings. The van der Waals surface area contributed by atoms with Crippen molar-refractivity contribution in [3.63, 3.8) is 0 Å². The van der Waals surface area contributed by atoms with Crippen molar-refractivity contribution in [2.45, 2.75) is 60.2 Å². The Bertz CT molecular complexity index is 933. The number of benzene rings is 2. The quantitative estimate of drug-likeness (QED) is 0.325.